The van der Waals surface area contributed by atoms with E-state index in [1.165, 1.54) is 25.9 Å². The van der Waals surface area contributed by atoms with Gasteiger partial charge in [0.05, 0.1) is 5.69 Å². The van der Waals surface area contributed by atoms with E-state index < -0.39 is 14.1 Å². The number of hydrogen-bond acceptors (Lipinski definition) is 3. The molecule has 0 aliphatic carbocycles. The summed E-state index contributed by atoms with van der Waals surface area (Å²) in [7, 11) is -1.46. The molecule has 0 aliphatic heterocycles. The minimum Gasteiger partial charge on any atom is 0 e. The van der Waals surface area contributed by atoms with Gasteiger partial charge in [0.25, 0.3) is 0 Å². The molecule has 3 nitrogen and oxygen atoms in total. The molecular weight excluding hydrogens is 750 g/mol. The number of rotatable bonds is 14. The van der Waals surface area contributed by atoms with Gasteiger partial charge in [0.15, 0.2) is 0 Å². The zero-order chi connectivity index (χ0) is 36.2. The van der Waals surface area contributed by atoms with Gasteiger partial charge in [0.1, 0.15) is 0 Å². The smallest absolute Gasteiger partial charge is 0 e. The Hall–Kier alpha value is -0.914. The third-order valence-corrected chi connectivity index (χ3v) is 23.8. The van der Waals surface area contributed by atoms with E-state index in [0.29, 0.717) is 23.9 Å². The molecule has 0 amide bonds. The number of para-hydroxylation sites is 1. The Kier molecular flexibility index (Phi) is 20.3. The van der Waals surface area contributed by atoms with E-state index in [4.69, 9.17) is 22.1 Å². The first-order chi connectivity index (χ1) is 22.4. The van der Waals surface area contributed by atoms with E-state index in [-0.39, 0.29) is 25.8 Å². The molecular formula is C41H61N3PSScSeSi-2. The fourth-order valence-electron chi connectivity index (χ4n) is 5.78. The molecule has 0 aromatic heterocycles. The summed E-state index contributed by atoms with van der Waals surface area (Å²) in [4.78, 5) is 7.49. The minimum absolute atomic E-state index is 0. The van der Waals surface area contributed by atoms with Gasteiger partial charge in [0.2, 0.25) is 0 Å². The van der Waals surface area contributed by atoms with Crippen molar-refractivity contribution in [2.45, 2.75) is 113 Å². The molecule has 0 bridgehead atoms. The second-order valence-corrected chi connectivity index (χ2v) is 26.9. The van der Waals surface area contributed by atoms with Gasteiger partial charge >= 0.3 is 137 Å². The molecule has 0 aliphatic rings. The SMILES string of the molecule is CC(/C=C(\C)[N-]CCN(C(C)C)C(C)C)=Nc1c(C(C)C)cccc1C(C)C.C[Si](C)(C)[C-]([Se])P(=S)(c1ccccc1)c1ccccc1.[Sc]. The van der Waals surface area contributed by atoms with Crippen LogP contribution in [0.2, 0.25) is 19.6 Å². The largest absolute Gasteiger partial charge is 0 e. The number of allylic oxidation sites excluding steroid dienone is 2. The van der Waals surface area contributed by atoms with Crippen molar-refractivity contribution in [1.29, 1.82) is 0 Å². The molecule has 0 spiro atoms. The zero-order valence-corrected chi connectivity index (χ0v) is 38.7. The Bertz CT molecular complexity index is 1440. The topological polar surface area (TPSA) is 29.7 Å². The van der Waals surface area contributed by atoms with E-state index in [1.807, 2.05) is 0 Å². The van der Waals surface area contributed by atoms with Crippen molar-refractivity contribution >= 4 is 63.9 Å². The monoisotopic (exact) mass is 811 g/mol. The van der Waals surface area contributed by atoms with E-state index in [1.54, 1.807) is 0 Å². The van der Waals surface area contributed by atoms with Crippen LogP contribution in [-0.4, -0.2) is 59.9 Å². The average molecular weight is 811 g/mol. The maximum atomic E-state index is 6.28. The van der Waals surface area contributed by atoms with Crippen LogP contribution in [0.5, 0.6) is 0 Å². The van der Waals surface area contributed by atoms with Crippen LogP contribution in [0.1, 0.15) is 92.2 Å². The van der Waals surface area contributed by atoms with Crippen molar-refractivity contribution in [1.82, 2.24) is 4.90 Å². The first-order valence-electron chi connectivity index (χ1n) is 17.5. The van der Waals surface area contributed by atoms with Gasteiger partial charge < -0.3 is 10.2 Å². The van der Waals surface area contributed by atoms with Crippen LogP contribution in [0.3, 0.4) is 0 Å². The maximum Gasteiger partial charge on any atom is 0 e. The normalized spacial score (nSPS) is 12.9. The fraction of sp³-hybridized carbons (Fsp3) is 0.463. The van der Waals surface area contributed by atoms with Crippen molar-refractivity contribution in [2.24, 2.45) is 4.99 Å². The quantitative estimate of drug-likeness (QED) is 0.0703. The van der Waals surface area contributed by atoms with Gasteiger partial charge in [-0.3, -0.25) is 4.99 Å². The molecule has 3 aromatic rings. The van der Waals surface area contributed by atoms with Gasteiger partial charge in [-0.05, 0) is 64.1 Å². The van der Waals surface area contributed by atoms with Gasteiger partial charge in [0, 0.05) is 43.6 Å². The summed E-state index contributed by atoms with van der Waals surface area (Å²) in [6.07, 6.45) is 2.11. The van der Waals surface area contributed by atoms with Crippen LogP contribution in [0.15, 0.2) is 95.6 Å². The Balaban J connectivity index is 0.000000504. The van der Waals surface area contributed by atoms with E-state index in [0.717, 1.165) is 30.2 Å². The van der Waals surface area contributed by atoms with E-state index in [9.17, 15) is 0 Å². The molecule has 0 saturated heterocycles. The molecule has 3 aromatic carbocycles. The number of nitrogens with zero attached hydrogens (tertiary/aromatic N) is 3. The predicted molar refractivity (Wildman–Crippen MR) is 225 cm³/mol. The predicted octanol–water partition coefficient (Wildman–Crippen LogP) is 11.1. The molecule has 0 atom stereocenters. The second-order valence-electron chi connectivity index (χ2n) is 14.8. The summed E-state index contributed by atoms with van der Waals surface area (Å²) in [6, 6.07) is 27.0. The van der Waals surface area contributed by atoms with Crippen molar-refractivity contribution in [3.63, 3.8) is 0 Å². The van der Waals surface area contributed by atoms with Crippen molar-refractivity contribution < 1.29 is 25.8 Å². The Morgan fingerprint density at radius 3 is 1.59 bits per heavy atom. The van der Waals surface area contributed by atoms with Crippen LogP contribution in [-0.2, 0) is 37.7 Å². The van der Waals surface area contributed by atoms with Crippen LogP contribution < -0.4 is 10.6 Å². The second kappa shape index (κ2) is 21.6. The summed E-state index contributed by atoms with van der Waals surface area (Å²) in [5.74, 6) is 0.913. The Morgan fingerprint density at radius 2 is 1.22 bits per heavy atom. The number of benzene rings is 3. The van der Waals surface area contributed by atoms with Crippen molar-refractivity contribution in [3.8, 4) is 0 Å². The molecule has 0 saturated carbocycles. The van der Waals surface area contributed by atoms with Gasteiger partial charge in [-0.1, -0.05) is 58.9 Å². The summed E-state index contributed by atoms with van der Waals surface area (Å²) < 4.78 is 1.43. The molecule has 0 N–H and O–H groups in total. The third kappa shape index (κ3) is 13.9. The molecule has 0 unspecified atom stereocenters. The van der Waals surface area contributed by atoms with Gasteiger partial charge in [-0.15, -0.1) is 6.54 Å². The molecule has 266 valence electrons. The van der Waals surface area contributed by atoms with Gasteiger partial charge in [-0.25, -0.2) is 0 Å². The van der Waals surface area contributed by atoms with E-state index >= 15 is 0 Å². The molecule has 49 heavy (non-hydrogen) atoms. The van der Waals surface area contributed by atoms with Gasteiger partial charge in [-0.2, -0.15) is 5.70 Å². The molecule has 3 rings (SSSR count). The van der Waals surface area contributed by atoms with Crippen LogP contribution >= 0.6 is 6.04 Å². The summed E-state index contributed by atoms with van der Waals surface area (Å²) in [5, 5.41) is 7.34. The maximum absolute atomic E-state index is 6.28. The first-order valence-corrected chi connectivity index (χ1v) is 24.6. The molecule has 0 fully saturated rings. The Morgan fingerprint density at radius 1 is 0.796 bits per heavy atom. The van der Waals surface area contributed by atoms with E-state index in [2.05, 4.69) is 195 Å². The summed E-state index contributed by atoms with van der Waals surface area (Å²) in [5.41, 5.74) is 5.83. The minimum atomic E-state index is -1.88. The summed E-state index contributed by atoms with van der Waals surface area (Å²) >= 11 is 9.66. The third-order valence-electron chi connectivity index (χ3n) is 8.26. The standard InChI is InChI=1S/C25H42N3.C16H19PSSeSi.Sc/c1-17(2)23-12-11-13-24(18(3)4)25(23)27-22(10)16-21(9)26-14-15-28(19(5)6)20(7)8;1-20(2,3)16(19)17(18,14-10-6-4-7-11-14)15-12-8-5-9-13-15;/h11-13,16-20H,14-15H2,1-10H3;4-13H,1-3H3;/q2*-1;/b21-16+,27-22?;;. The molecule has 0 heterocycles. The molecule has 2 radical (unpaired) electrons. The van der Waals surface area contributed by atoms with Crippen LogP contribution in [0.4, 0.5) is 5.69 Å². The Labute approximate surface area is 334 Å². The zero-order valence-electron chi connectivity index (χ0n) is 32.5. The van der Waals surface area contributed by atoms with Crippen molar-refractivity contribution in [2.75, 3.05) is 13.1 Å². The van der Waals surface area contributed by atoms with Crippen LogP contribution in [0.25, 0.3) is 5.32 Å². The average Bonchev–Trinajstić information content (AvgIpc) is 3.02. The summed E-state index contributed by atoms with van der Waals surface area (Å²) in [6.45, 7) is 31.0. The first kappa shape index (κ1) is 46.1. The van der Waals surface area contributed by atoms with Crippen LogP contribution in [0, 0.1) is 4.18 Å². The molecule has 8 heteroatoms. The fourth-order valence-corrected chi connectivity index (χ4v) is 16.8. The number of hydrogen-bond donors (Lipinski definition) is 0. The van der Waals surface area contributed by atoms with Crippen molar-refractivity contribution in [3.05, 3.63) is 111 Å². The number of aliphatic imine (C=N–C) groups is 1.